The van der Waals surface area contributed by atoms with Gasteiger partial charge in [-0.2, -0.15) is 0 Å². The summed E-state index contributed by atoms with van der Waals surface area (Å²) in [6.45, 7) is 3.69. The molecule has 1 amide bonds. The third-order valence-corrected chi connectivity index (χ3v) is 2.84. The Morgan fingerprint density at radius 1 is 1.44 bits per heavy atom. The van der Waals surface area contributed by atoms with E-state index in [1.165, 1.54) is 0 Å². The molecule has 0 aliphatic rings. The Morgan fingerprint density at radius 3 is 2.83 bits per heavy atom. The zero-order chi connectivity index (χ0) is 13.1. The van der Waals surface area contributed by atoms with Crippen molar-refractivity contribution in [1.29, 1.82) is 0 Å². The highest BCUT2D eigenvalue weighted by Crippen LogP contribution is 2.28. The molecule has 4 nitrogen and oxygen atoms in total. The van der Waals surface area contributed by atoms with Gasteiger partial charge in [0, 0.05) is 18.3 Å². The molecule has 0 radical (unpaired) electrons. The normalized spacial score (nSPS) is 10.7. The SMILES string of the molecule is CC(C)C(=O)Nc1cccc(Cl)c1-n1ccnc1. The van der Waals surface area contributed by atoms with Gasteiger partial charge in [-0.3, -0.25) is 4.79 Å². The van der Waals surface area contributed by atoms with Crippen molar-refractivity contribution in [3.8, 4) is 5.69 Å². The Morgan fingerprint density at radius 2 is 2.22 bits per heavy atom. The van der Waals surface area contributed by atoms with Gasteiger partial charge < -0.3 is 9.88 Å². The summed E-state index contributed by atoms with van der Waals surface area (Å²) in [6, 6.07) is 5.40. The molecule has 0 aliphatic heterocycles. The average Bonchev–Trinajstić information content (AvgIpc) is 2.82. The molecule has 1 aromatic carbocycles. The van der Waals surface area contributed by atoms with Crippen LogP contribution in [0.15, 0.2) is 36.9 Å². The van der Waals surface area contributed by atoms with Gasteiger partial charge in [0.05, 0.1) is 22.7 Å². The maximum Gasteiger partial charge on any atom is 0.226 e. The monoisotopic (exact) mass is 263 g/mol. The molecule has 0 bridgehead atoms. The highest BCUT2D eigenvalue weighted by Gasteiger charge is 2.13. The number of hydrogen-bond donors (Lipinski definition) is 1. The van der Waals surface area contributed by atoms with Gasteiger partial charge in [-0.05, 0) is 12.1 Å². The first-order chi connectivity index (χ1) is 8.59. The first kappa shape index (κ1) is 12.6. The fraction of sp³-hybridized carbons (Fsp3) is 0.231. The molecule has 0 atom stereocenters. The lowest BCUT2D eigenvalue weighted by Gasteiger charge is -2.14. The summed E-state index contributed by atoms with van der Waals surface area (Å²) >= 11 is 6.18. The Hall–Kier alpha value is -1.81. The van der Waals surface area contributed by atoms with Gasteiger partial charge in [-0.25, -0.2) is 4.98 Å². The zero-order valence-corrected chi connectivity index (χ0v) is 11.0. The second kappa shape index (κ2) is 5.23. The number of para-hydroxylation sites is 1. The summed E-state index contributed by atoms with van der Waals surface area (Å²) in [7, 11) is 0. The molecule has 18 heavy (non-hydrogen) atoms. The molecule has 0 aliphatic carbocycles. The van der Waals surface area contributed by atoms with E-state index in [1.54, 1.807) is 35.4 Å². The Bertz CT molecular complexity index is 549. The number of anilines is 1. The number of amides is 1. The maximum absolute atomic E-state index is 11.8. The van der Waals surface area contributed by atoms with Crippen LogP contribution in [0.5, 0.6) is 0 Å². The minimum Gasteiger partial charge on any atom is -0.324 e. The van der Waals surface area contributed by atoms with Crippen LogP contribution in [0.1, 0.15) is 13.8 Å². The predicted octanol–water partition coefficient (Wildman–Crippen LogP) is 3.12. The topological polar surface area (TPSA) is 46.9 Å². The number of aromatic nitrogens is 2. The zero-order valence-electron chi connectivity index (χ0n) is 10.2. The number of nitrogens with one attached hydrogen (secondary N) is 1. The molecule has 2 aromatic rings. The van der Waals surface area contributed by atoms with Crippen molar-refractivity contribution < 1.29 is 4.79 Å². The number of imidazole rings is 1. The van der Waals surface area contributed by atoms with Crippen LogP contribution in [0.3, 0.4) is 0 Å². The number of carbonyl (C=O) groups is 1. The Labute approximate surface area is 111 Å². The minimum atomic E-state index is -0.0837. The van der Waals surface area contributed by atoms with E-state index in [9.17, 15) is 4.79 Å². The number of nitrogens with zero attached hydrogens (tertiary/aromatic N) is 2. The predicted molar refractivity (Wildman–Crippen MR) is 72.0 cm³/mol. The van der Waals surface area contributed by atoms with Gasteiger partial charge in [-0.15, -0.1) is 0 Å². The van der Waals surface area contributed by atoms with Crippen LogP contribution in [-0.2, 0) is 4.79 Å². The Kier molecular flexibility index (Phi) is 3.67. The third-order valence-electron chi connectivity index (χ3n) is 2.53. The molecule has 94 valence electrons. The van der Waals surface area contributed by atoms with Crippen LogP contribution in [0.4, 0.5) is 5.69 Å². The van der Waals surface area contributed by atoms with Crippen LogP contribution >= 0.6 is 11.6 Å². The molecule has 1 N–H and O–H groups in total. The number of benzene rings is 1. The molecular formula is C13H14ClN3O. The molecule has 0 saturated carbocycles. The molecule has 1 aromatic heterocycles. The van der Waals surface area contributed by atoms with Gasteiger partial charge in [0.1, 0.15) is 0 Å². The fourth-order valence-electron chi connectivity index (χ4n) is 1.55. The number of carbonyl (C=O) groups excluding carboxylic acids is 1. The van der Waals surface area contributed by atoms with Crippen LogP contribution in [0, 0.1) is 5.92 Å². The summed E-state index contributed by atoms with van der Waals surface area (Å²) in [5.41, 5.74) is 1.41. The summed E-state index contributed by atoms with van der Waals surface area (Å²) in [6.07, 6.45) is 5.09. The molecule has 0 unspecified atom stereocenters. The van der Waals surface area contributed by atoms with Crippen molar-refractivity contribution >= 4 is 23.2 Å². The highest BCUT2D eigenvalue weighted by atomic mass is 35.5. The quantitative estimate of drug-likeness (QED) is 0.925. The number of hydrogen-bond acceptors (Lipinski definition) is 2. The lowest BCUT2D eigenvalue weighted by Crippen LogP contribution is -2.19. The van der Waals surface area contributed by atoms with Crippen LogP contribution in [-0.4, -0.2) is 15.5 Å². The van der Waals surface area contributed by atoms with E-state index in [4.69, 9.17) is 11.6 Å². The summed E-state index contributed by atoms with van der Waals surface area (Å²) < 4.78 is 1.78. The summed E-state index contributed by atoms with van der Waals surface area (Å²) in [5, 5.41) is 3.43. The van der Waals surface area contributed by atoms with E-state index in [-0.39, 0.29) is 11.8 Å². The molecule has 0 spiro atoms. The van der Waals surface area contributed by atoms with E-state index in [1.807, 2.05) is 19.9 Å². The van der Waals surface area contributed by atoms with Crippen molar-refractivity contribution in [2.75, 3.05) is 5.32 Å². The van der Waals surface area contributed by atoms with E-state index in [0.717, 1.165) is 5.69 Å². The molecule has 1 heterocycles. The van der Waals surface area contributed by atoms with Crippen molar-refractivity contribution in [2.24, 2.45) is 5.92 Å². The molecule has 0 saturated heterocycles. The summed E-state index contributed by atoms with van der Waals surface area (Å²) in [4.78, 5) is 15.8. The van der Waals surface area contributed by atoms with Gasteiger partial charge in [0.15, 0.2) is 0 Å². The van der Waals surface area contributed by atoms with Gasteiger partial charge in [-0.1, -0.05) is 31.5 Å². The average molecular weight is 264 g/mol. The molecule has 5 heteroatoms. The van der Waals surface area contributed by atoms with Crippen LogP contribution < -0.4 is 5.32 Å². The van der Waals surface area contributed by atoms with E-state index < -0.39 is 0 Å². The first-order valence-corrected chi connectivity index (χ1v) is 6.05. The van der Waals surface area contributed by atoms with Crippen molar-refractivity contribution in [2.45, 2.75) is 13.8 Å². The maximum atomic E-state index is 11.8. The van der Waals surface area contributed by atoms with E-state index >= 15 is 0 Å². The van der Waals surface area contributed by atoms with Gasteiger partial charge in [0.2, 0.25) is 5.91 Å². The smallest absolute Gasteiger partial charge is 0.226 e. The lowest BCUT2D eigenvalue weighted by atomic mass is 10.2. The molecule has 2 rings (SSSR count). The molecule has 0 fully saturated rings. The van der Waals surface area contributed by atoms with Crippen LogP contribution in [0.25, 0.3) is 5.69 Å². The first-order valence-electron chi connectivity index (χ1n) is 5.67. The standard InChI is InChI=1S/C13H14ClN3O/c1-9(2)13(18)16-11-5-3-4-10(14)12(11)17-7-6-15-8-17/h3-9H,1-2H3,(H,16,18). The fourth-order valence-corrected chi connectivity index (χ4v) is 1.82. The van der Waals surface area contributed by atoms with Crippen molar-refractivity contribution in [3.05, 3.63) is 41.9 Å². The largest absolute Gasteiger partial charge is 0.324 e. The number of halogens is 1. The van der Waals surface area contributed by atoms with Gasteiger partial charge >= 0.3 is 0 Å². The van der Waals surface area contributed by atoms with Crippen molar-refractivity contribution in [1.82, 2.24) is 9.55 Å². The van der Waals surface area contributed by atoms with E-state index in [2.05, 4.69) is 10.3 Å². The van der Waals surface area contributed by atoms with Crippen LogP contribution in [0.2, 0.25) is 5.02 Å². The number of rotatable bonds is 3. The van der Waals surface area contributed by atoms with E-state index in [0.29, 0.717) is 10.7 Å². The highest BCUT2D eigenvalue weighted by molar-refractivity contribution is 6.33. The Balaban J connectivity index is 2.42. The second-order valence-corrected chi connectivity index (χ2v) is 4.66. The second-order valence-electron chi connectivity index (χ2n) is 4.25. The molecular weight excluding hydrogens is 250 g/mol. The lowest BCUT2D eigenvalue weighted by molar-refractivity contribution is -0.118. The third kappa shape index (κ3) is 2.54. The summed E-state index contributed by atoms with van der Waals surface area (Å²) in [5.74, 6) is -0.127. The minimum absolute atomic E-state index is 0.0429. The van der Waals surface area contributed by atoms with Gasteiger partial charge in [0.25, 0.3) is 0 Å². The van der Waals surface area contributed by atoms with Crippen molar-refractivity contribution in [3.63, 3.8) is 0 Å².